The first-order valence-corrected chi connectivity index (χ1v) is 18.0. The molecule has 0 atom stereocenters. The number of rotatable bonds is 17. The maximum atomic E-state index is 6.38. The van der Waals surface area contributed by atoms with Crippen LogP contribution in [0.3, 0.4) is 0 Å². The number of aryl methyl sites for hydroxylation is 2. The second-order valence-corrected chi connectivity index (χ2v) is 14.1. The quantitative estimate of drug-likeness (QED) is 0.175. The molecule has 0 bridgehead atoms. The van der Waals surface area contributed by atoms with Crippen LogP contribution >= 0.6 is 0 Å². The molecule has 42 heavy (non-hydrogen) atoms. The standard InChI is InChI=1S/C40H62O2/c1-5-7-8-9-10-11-12-14-34-17-21-36(22-18-34)30-42-40-26-24-38(28-32(40)4)37-23-25-39(31(3)27-37)41-29-35-19-15-33(13-6-2)16-20-35/h23-28,33-36H,5-22,29-30H2,1-4H3/t33-,34-,35-,36-. The van der Waals surface area contributed by atoms with E-state index in [1.54, 1.807) is 0 Å². The summed E-state index contributed by atoms with van der Waals surface area (Å²) >= 11 is 0. The van der Waals surface area contributed by atoms with Gasteiger partial charge in [0, 0.05) is 0 Å². The Hall–Kier alpha value is -1.96. The maximum Gasteiger partial charge on any atom is 0.122 e. The fraction of sp³-hybridized carbons (Fsp3) is 0.700. The van der Waals surface area contributed by atoms with E-state index in [0.717, 1.165) is 48.4 Å². The Morgan fingerprint density at radius 3 is 1.38 bits per heavy atom. The minimum Gasteiger partial charge on any atom is -0.493 e. The van der Waals surface area contributed by atoms with Crippen molar-refractivity contribution in [3.8, 4) is 22.6 Å². The Morgan fingerprint density at radius 2 is 0.929 bits per heavy atom. The summed E-state index contributed by atoms with van der Waals surface area (Å²) in [5, 5.41) is 0. The Bertz CT molecular complexity index is 1030. The average molecular weight is 575 g/mol. The smallest absolute Gasteiger partial charge is 0.122 e. The van der Waals surface area contributed by atoms with Crippen molar-refractivity contribution in [1.29, 1.82) is 0 Å². The number of benzene rings is 2. The van der Waals surface area contributed by atoms with Crippen LogP contribution < -0.4 is 9.47 Å². The van der Waals surface area contributed by atoms with Crippen LogP contribution in [0.5, 0.6) is 11.5 Å². The summed E-state index contributed by atoms with van der Waals surface area (Å²) in [5.74, 6) is 5.45. The van der Waals surface area contributed by atoms with Crippen LogP contribution in [0.15, 0.2) is 36.4 Å². The molecule has 0 aliphatic heterocycles. The molecule has 2 aromatic rings. The van der Waals surface area contributed by atoms with Gasteiger partial charge in [-0.05, 0) is 110 Å². The third kappa shape index (κ3) is 10.6. The SMILES string of the molecule is CCCCCCCCC[C@H]1CC[C@H](COc2ccc(-c3ccc(OC[C@H]4CC[C@H](CCC)CC4)c(C)c3)cc2C)CC1. The van der Waals surface area contributed by atoms with Gasteiger partial charge in [0.15, 0.2) is 0 Å². The number of hydrogen-bond acceptors (Lipinski definition) is 2. The van der Waals surface area contributed by atoms with Crippen molar-refractivity contribution in [2.75, 3.05) is 13.2 Å². The van der Waals surface area contributed by atoms with Crippen LogP contribution in [0.2, 0.25) is 0 Å². The zero-order chi connectivity index (χ0) is 29.6. The van der Waals surface area contributed by atoms with E-state index in [-0.39, 0.29) is 0 Å². The molecule has 2 aliphatic rings. The highest BCUT2D eigenvalue weighted by atomic mass is 16.5. The fourth-order valence-electron chi connectivity index (χ4n) is 7.57. The molecular formula is C40H62O2. The van der Waals surface area contributed by atoms with Gasteiger partial charge in [0.25, 0.3) is 0 Å². The average Bonchev–Trinajstić information content (AvgIpc) is 3.01. The molecule has 0 heterocycles. The van der Waals surface area contributed by atoms with Gasteiger partial charge in [-0.15, -0.1) is 0 Å². The lowest BCUT2D eigenvalue weighted by molar-refractivity contribution is 0.177. The monoisotopic (exact) mass is 574 g/mol. The zero-order valence-electron chi connectivity index (χ0n) is 27.7. The lowest BCUT2D eigenvalue weighted by Crippen LogP contribution is -2.20. The molecule has 2 heteroatoms. The molecule has 2 aromatic carbocycles. The van der Waals surface area contributed by atoms with Crippen LogP contribution in [-0.2, 0) is 0 Å². The summed E-state index contributed by atoms with van der Waals surface area (Å²) in [7, 11) is 0. The third-order valence-corrected chi connectivity index (χ3v) is 10.5. The van der Waals surface area contributed by atoms with Crippen LogP contribution in [0, 0.1) is 37.5 Å². The molecule has 2 nitrogen and oxygen atoms in total. The molecule has 0 unspecified atom stereocenters. The van der Waals surface area contributed by atoms with Crippen molar-refractivity contribution < 1.29 is 9.47 Å². The van der Waals surface area contributed by atoms with E-state index >= 15 is 0 Å². The minimum atomic E-state index is 0.718. The topological polar surface area (TPSA) is 18.5 Å². The summed E-state index contributed by atoms with van der Waals surface area (Å²) in [5.41, 5.74) is 4.98. The van der Waals surface area contributed by atoms with Gasteiger partial charge in [-0.1, -0.05) is 116 Å². The summed E-state index contributed by atoms with van der Waals surface area (Å²) in [6.45, 7) is 10.7. The highest BCUT2D eigenvalue weighted by Crippen LogP contribution is 2.35. The van der Waals surface area contributed by atoms with Gasteiger partial charge in [0.2, 0.25) is 0 Å². The predicted molar refractivity (Wildman–Crippen MR) is 181 cm³/mol. The predicted octanol–water partition coefficient (Wildman–Crippen LogP) is 12.3. The van der Waals surface area contributed by atoms with E-state index in [2.05, 4.69) is 64.1 Å². The molecular weight excluding hydrogens is 512 g/mol. The van der Waals surface area contributed by atoms with Crippen LogP contribution in [0.1, 0.15) is 141 Å². The summed E-state index contributed by atoms with van der Waals surface area (Å²) in [4.78, 5) is 0. The first-order valence-electron chi connectivity index (χ1n) is 18.0. The van der Waals surface area contributed by atoms with Gasteiger partial charge < -0.3 is 9.47 Å². The van der Waals surface area contributed by atoms with E-state index in [0.29, 0.717) is 0 Å². The molecule has 2 fully saturated rings. The Morgan fingerprint density at radius 1 is 0.500 bits per heavy atom. The molecule has 4 rings (SSSR count). The Kier molecular flexibility index (Phi) is 14.1. The molecule has 0 radical (unpaired) electrons. The Labute approximate surface area is 259 Å². The van der Waals surface area contributed by atoms with Gasteiger partial charge in [-0.25, -0.2) is 0 Å². The minimum absolute atomic E-state index is 0.718. The van der Waals surface area contributed by atoms with Gasteiger partial charge >= 0.3 is 0 Å². The molecule has 0 spiro atoms. The van der Waals surface area contributed by atoms with E-state index < -0.39 is 0 Å². The first-order chi connectivity index (χ1) is 20.6. The molecule has 0 amide bonds. The van der Waals surface area contributed by atoms with Crippen molar-refractivity contribution in [2.45, 2.75) is 143 Å². The van der Waals surface area contributed by atoms with Crippen molar-refractivity contribution in [1.82, 2.24) is 0 Å². The maximum absolute atomic E-state index is 6.38. The van der Waals surface area contributed by atoms with E-state index in [4.69, 9.17) is 9.47 Å². The zero-order valence-corrected chi connectivity index (χ0v) is 27.7. The van der Waals surface area contributed by atoms with E-state index in [1.165, 1.54) is 138 Å². The number of unbranched alkanes of at least 4 members (excludes halogenated alkanes) is 6. The molecule has 0 N–H and O–H groups in total. The molecule has 0 aromatic heterocycles. The van der Waals surface area contributed by atoms with Crippen molar-refractivity contribution in [3.05, 3.63) is 47.5 Å². The van der Waals surface area contributed by atoms with Crippen molar-refractivity contribution >= 4 is 0 Å². The normalized spacial score (nSPS) is 22.7. The van der Waals surface area contributed by atoms with Gasteiger partial charge in [0.1, 0.15) is 11.5 Å². The largest absolute Gasteiger partial charge is 0.493 e. The Balaban J connectivity index is 1.16. The number of ether oxygens (including phenoxy) is 2. The second-order valence-electron chi connectivity index (χ2n) is 14.1. The lowest BCUT2D eigenvalue weighted by atomic mass is 9.80. The van der Waals surface area contributed by atoms with Gasteiger partial charge in [-0.3, -0.25) is 0 Å². The summed E-state index contributed by atoms with van der Waals surface area (Å²) in [6, 6.07) is 13.4. The summed E-state index contributed by atoms with van der Waals surface area (Å²) < 4.78 is 12.7. The van der Waals surface area contributed by atoms with Crippen molar-refractivity contribution in [2.24, 2.45) is 23.7 Å². The molecule has 0 saturated heterocycles. The first kappa shape index (κ1) is 32.9. The molecule has 2 saturated carbocycles. The second kappa shape index (κ2) is 18.0. The number of hydrogen-bond donors (Lipinski definition) is 0. The van der Waals surface area contributed by atoms with Gasteiger partial charge in [-0.2, -0.15) is 0 Å². The van der Waals surface area contributed by atoms with Crippen LogP contribution in [0.4, 0.5) is 0 Å². The highest BCUT2D eigenvalue weighted by molar-refractivity contribution is 5.67. The fourth-order valence-corrected chi connectivity index (χ4v) is 7.57. The van der Waals surface area contributed by atoms with E-state index in [1.807, 2.05) is 0 Å². The molecule has 234 valence electrons. The van der Waals surface area contributed by atoms with E-state index in [9.17, 15) is 0 Å². The van der Waals surface area contributed by atoms with Gasteiger partial charge in [0.05, 0.1) is 13.2 Å². The summed E-state index contributed by atoms with van der Waals surface area (Å²) in [6.07, 6.45) is 25.1. The highest BCUT2D eigenvalue weighted by Gasteiger charge is 2.22. The van der Waals surface area contributed by atoms with Crippen LogP contribution in [0.25, 0.3) is 11.1 Å². The lowest BCUT2D eigenvalue weighted by Gasteiger charge is -2.28. The molecule has 2 aliphatic carbocycles. The van der Waals surface area contributed by atoms with Crippen LogP contribution in [-0.4, -0.2) is 13.2 Å². The third-order valence-electron chi connectivity index (χ3n) is 10.5. The van der Waals surface area contributed by atoms with Crippen molar-refractivity contribution in [3.63, 3.8) is 0 Å².